The van der Waals surface area contributed by atoms with Crippen molar-refractivity contribution in [3.8, 4) is 11.4 Å². The third-order valence-electron chi connectivity index (χ3n) is 6.45. The molecule has 1 aliphatic carbocycles. The van der Waals surface area contributed by atoms with Crippen LogP contribution in [0.1, 0.15) is 18.7 Å². The molecule has 2 saturated heterocycles. The highest BCUT2D eigenvalue weighted by Gasteiger charge is 2.43. The van der Waals surface area contributed by atoms with Crippen molar-refractivity contribution >= 4 is 0 Å². The molecule has 5 rings (SSSR count). The Bertz CT molecular complexity index is 779. The molecule has 150 valence electrons. The zero-order valence-corrected chi connectivity index (χ0v) is 16.0. The molecule has 8 nitrogen and oxygen atoms in total. The fourth-order valence-corrected chi connectivity index (χ4v) is 5.06. The lowest BCUT2D eigenvalue weighted by Crippen LogP contribution is -2.53. The van der Waals surface area contributed by atoms with E-state index in [1.165, 1.54) is 0 Å². The zero-order chi connectivity index (χ0) is 18.9. The summed E-state index contributed by atoms with van der Waals surface area (Å²) in [6.45, 7) is 6.10. The van der Waals surface area contributed by atoms with Crippen molar-refractivity contribution in [2.24, 2.45) is 11.8 Å². The molecule has 28 heavy (non-hydrogen) atoms. The van der Waals surface area contributed by atoms with E-state index in [9.17, 15) is 5.11 Å². The van der Waals surface area contributed by atoms with Crippen molar-refractivity contribution in [3.63, 3.8) is 0 Å². The molecule has 0 amide bonds. The van der Waals surface area contributed by atoms with Crippen LogP contribution in [-0.4, -0.2) is 81.6 Å². The zero-order valence-electron chi connectivity index (χ0n) is 16.0. The summed E-state index contributed by atoms with van der Waals surface area (Å²) in [5.41, 5.74) is 0.865. The Kier molecular flexibility index (Phi) is 5.11. The summed E-state index contributed by atoms with van der Waals surface area (Å²) in [5, 5.41) is 14.8. The normalized spacial score (nSPS) is 31.8. The Balaban J connectivity index is 1.21. The van der Waals surface area contributed by atoms with Crippen LogP contribution in [0, 0.1) is 11.8 Å². The lowest BCUT2D eigenvalue weighted by Gasteiger charge is -2.43. The lowest BCUT2D eigenvalue weighted by molar-refractivity contribution is -0.0520. The molecule has 2 aromatic rings. The predicted octanol–water partition coefficient (Wildman–Crippen LogP) is 1.04. The maximum Gasteiger partial charge on any atom is 0.241 e. The molecule has 2 aliphatic heterocycles. The first-order valence-corrected chi connectivity index (χ1v) is 10.2. The van der Waals surface area contributed by atoms with Crippen molar-refractivity contribution in [1.29, 1.82) is 0 Å². The van der Waals surface area contributed by atoms with E-state index in [0.717, 1.165) is 57.8 Å². The molecule has 4 heterocycles. The standard InChI is InChI=1S/C20H27N5O3/c26-18-9-16-12-24(11-15(16)8-17(18)25-4-6-27-7-5-25)13-19-22-20(23-28-19)14-2-1-3-21-10-14/h1-3,10,15-18,26H,4-9,11-13H2/t15-,16+,17-,18-/m1/s1. The number of hydrogen-bond donors (Lipinski definition) is 1. The number of pyridine rings is 1. The van der Waals surface area contributed by atoms with Gasteiger partial charge in [-0.3, -0.25) is 14.8 Å². The van der Waals surface area contributed by atoms with Crippen molar-refractivity contribution in [1.82, 2.24) is 24.9 Å². The number of fused-ring (bicyclic) bond motifs is 1. The van der Waals surface area contributed by atoms with E-state index in [1.54, 1.807) is 12.4 Å². The largest absolute Gasteiger partial charge is 0.391 e. The van der Waals surface area contributed by atoms with Crippen LogP contribution in [-0.2, 0) is 11.3 Å². The van der Waals surface area contributed by atoms with E-state index >= 15 is 0 Å². The van der Waals surface area contributed by atoms with E-state index in [1.807, 2.05) is 12.1 Å². The van der Waals surface area contributed by atoms with Crippen molar-refractivity contribution in [2.45, 2.75) is 31.5 Å². The summed E-state index contributed by atoms with van der Waals surface area (Å²) in [4.78, 5) is 13.5. The Morgan fingerprint density at radius 1 is 1.14 bits per heavy atom. The van der Waals surface area contributed by atoms with Gasteiger partial charge >= 0.3 is 0 Å². The van der Waals surface area contributed by atoms with Crippen LogP contribution in [0.5, 0.6) is 0 Å². The first-order valence-electron chi connectivity index (χ1n) is 10.2. The summed E-state index contributed by atoms with van der Waals surface area (Å²) < 4.78 is 10.9. The minimum atomic E-state index is -0.236. The lowest BCUT2D eigenvalue weighted by atomic mass is 9.77. The van der Waals surface area contributed by atoms with E-state index in [4.69, 9.17) is 9.26 Å². The molecule has 4 atom stereocenters. The Morgan fingerprint density at radius 3 is 2.75 bits per heavy atom. The number of ether oxygens (including phenoxy) is 1. The van der Waals surface area contributed by atoms with Gasteiger partial charge in [0, 0.05) is 50.2 Å². The Morgan fingerprint density at radius 2 is 1.96 bits per heavy atom. The molecule has 3 aliphatic rings. The molecular formula is C20H27N5O3. The number of aliphatic hydroxyl groups excluding tert-OH is 1. The fourth-order valence-electron chi connectivity index (χ4n) is 5.06. The maximum atomic E-state index is 10.7. The number of rotatable bonds is 4. The van der Waals surface area contributed by atoms with Gasteiger partial charge in [-0.25, -0.2) is 0 Å². The van der Waals surface area contributed by atoms with Gasteiger partial charge in [-0.1, -0.05) is 5.16 Å². The summed E-state index contributed by atoms with van der Waals surface area (Å²) >= 11 is 0. The van der Waals surface area contributed by atoms with Crippen LogP contribution >= 0.6 is 0 Å². The van der Waals surface area contributed by atoms with Gasteiger partial charge in [-0.2, -0.15) is 4.98 Å². The van der Waals surface area contributed by atoms with Crippen LogP contribution in [0.15, 0.2) is 29.0 Å². The second kappa shape index (κ2) is 7.87. The van der Waals surface area contributed by atoms with Gasteiger partial charge < -0.3 is 14.4 Å². The third-order valence-corrected chi connectivity index (χ3v) is 6.45. The number of likely N-dealkylation sites (tertiary alicyclic amines) is 1. The van der Waals surface area contributed by atoms with Gasteiger partial charge in [0.2, 0.25) is 11.7 Å². The number of hydrogen-bond acceptors (Lipinski definition) is 8. The van der Waals surface area contributed by atoms with E-state index in [0.29, 0.717) is 30.1 Å². The van der Waals surface area contributed by atoms with Gasteiger partial charge in [0.15, 0.2) is 0 Å². The van der Waals surface area contributed by atoms with E-state index < -0.39 is 0 Å². The highest BCUT2D eigenvalue weighted by atomic mass is 16.5. The fraction of sp³-hybridized carbons (Fsp3) is 0.650. The molecule has 0 radical (unpaired) electrons. The predicted molar refractivity (Wildman–Crippen MR) is 101 cm³/mol. The minimum absolute atomic E-state index is 0.236. The van der Waals surface area contributed by atoms with Crippen molar-refractivity contribution in [2.75, 3.05) is 39.4 Å². The molecule has 0 unspecified atom stereocenters. The van der Waals surface area contributed by atoms with Crippen molar-refractivity contribution < 1.29 is 14.4 Å². The summed E-state index contributed by atoms with van der Waals surface area (Å²) in [6, 6.07) is 4.07. The van der Waals surface area contributed by atoms with Gasteiger partial charge in [-0.05, 0) is 36.8 Å². The van der Waals surface area contributed by atoms with Crippen LogP contribution in [0.2, 0.25) is 0 Å². The molecule has 1 N–H and O–H groups in total. The van der Waals surface area contributed by atoms with Gasteiger partial charge in [0.05, 0.1) is 25.9 Å². The first kappa shape index (κ1) is 18.2. The van der Waals surface area contributed by atoms with E-state index in [-0.39, 0.29) is 12.1 Å². The van der Waals surface area contributed by atoms with Crippen molar-refractivity contribution in [3.05, 3.63) is 30.4 Å². The van der Waals surface area contributed by atoms with E-state index in [2.05, 4.69) is 24.9 Å². The average Bonchev–Trinajstić information content (AvgIpc) is 3.35. The number of aliphatic hydroxyl groups is 1. The van der Waals surface area contributed by atoms with Crippen LogP contribution in [0.4, 0.5) is 0 Å². The topological polar surface area (TPSA) is 87.8 Å². The maximum absolute atomic E-state index is 10.7. The molecule has 3 fully saturated rings. The second-order valence-corrected chi connectivity index (χ2v) is 8.22. The van der Waals surface area contributed by atoms with Crippen LogP contribution in [0.25, 0.3) is 11.4 Å². The monoisotopic (exact) mass is 385 g/mol. The molecule has 0 bridgehead atoms. The molecule has 1 saturated carbocycles. The van der Waals surface area contributed by atoms with Gasteiger partial charge in [0.1, 0.15) is 0 Å². The quantitative estimate of drug-likeness (QED) is 0.835. The average molecular weight is 385 g/mol. The highest BCUT2D eigenvalue weighted by molar-refractivity contribution is 5.51. The van der Waals surface area contributed by atoms with Crippen LogP contribution < -0.4 is 0 Å². The summed E-state index contributed by atoms with van der Waals surface area (Å²) in [5.74, 6) is 2.40. The second-order valence-electron chi connectivity index (χ2n) is 8.22. The number of aromatic nitrogens is 3. The van der Waals surface area contributed by atoms with Crippen LogP contribution in [0.3, 0.4) is 0 Å². The summed E-state index contributed by atoms with van der Waals surface area (Å²) in [7, 11) is 0. The first-order chi connectivity index (χ1) is 13.8. The third kappa shape index (κ3) is 3.69. The van der Waals surface area contributed by atoms with Gasteiger partial charge in [-0.15, -0.1) is 0 Å². The molecule has 0 aromatic carbocycles. The number of morpholine rings is 1. The Hall–Kier alpha value is -1.87. The molecular weight excluding hydrogens is 358 g/mol. The SMILES string of the molecule is O[C@@H]1C[C@H]2CN(Cc3nc(-c4cccnc4)no3)C[C@H]2C[C@H]1N1CCOCC1. The summed E-state index contributed by atoms with van der Waals surface area (Å²) in [6.07, 6.45) is 5.18. The minimum Gasteiger partial charge on any atom is -0.391 e. The Labute approximate surface area is 164 Å². The smallest absolute Gasteiger partial charge is 0.241 e. The molecule has 8 heteroatoms. The molecule has 2 aromatic heterocycles. The highest BCUT2D eigenvalue weighted by Crippen LogP contribution is 2.38. The molecule has 0 spiro atoms. The number of nitrogens with zero attached hydrogens (tertiary/aromatic N) is 5. The van der Waals surface area contributed by atoms with Gasteiger partial charge in [0.25, 0.3) is 0 Å².